The SMILES string of the molecule is COc1ccc(C(NN)c2ccc(F)c(F)c2Br)c(C)c1. The van der Waals surface area contributed by atoms with Gasteiger partial charge in [0.2, 0.25) is 0 Å². The standard InChI is InChI=1S/C15H15BrF2N2O/c1-8-7-9(21-2)3-4-10(8)15(20-19)11-5-6-12(17)14(18)13(11)16/h3-7,15,20H,19H2,1-2H3. The number of nitrogens with one attached hydrogen (secondary N) is 1. The number of hydrogen-bond donors (Lipinski definition) is 2. The summed E-state index contributed by atoms with van der Waals surface area (Å²) in [5, 5.41) is 0. The molecule has 0 aromatic heterocycles. The maximum atomic E-state index is 13.7. The Bertz CT molecular complexity index is 664. The van der Waals surface area contributed by atoms with Crippen LogP contribution < -0.4 is 16.0 Å². The zero-order chi connectivity index (χ0) is 15.6. The summed E-state index contributed by atoms with van der Waals surface area (Å²) in [5.74, 6) is 4.49. The minimum atomic E-state index is -0.932. The largest absolute Gasteiger partial charge is 0.497 e. The third-order valence-electron chi connectivity index (χ3n) is 3.33. The zero-order valence-electron chi connectivity index (χ0n) is 11.6. The van der Waals surface area contributed by atoms with Crippen molar-refractivity contribution in [2.45, 2.75) is 13.0 Å². The van der Waals surface area contributed by atoms with E-state index in [0.29, 0.717) is 5.56 Å². The van der Waals surface area contributed by atoms with Crippen molar-refractivity contribution >= 4 is 15.9 Å². The minimum absolute atomic E-state index is 0.0562. The molecule has 0 radical (unpaired) electrons. The van der Waals surface area contributed by atoms with Crippen molar-refractivity contribution in [1.29, 1.82) is 0 Å². The molecule has 0 fully saturated rings. The number of hydrogen-bond acceptors (Lipinski definition) is 3. The van der Waals surface area contributed by atoms with Gasteiger partial charge < -0.3 is 4.74 Å². The average molecular weight is 357 g/mol. The van der Waals surface area contributed by atoms with E-state index in [-0.39, 0.29) is 4.47 Å². The summed E-state index contributed by atoms with van der Waals surface area (Å²) in [4.78, 5) is 0. The minimum Gasteiger partial charge on any atom is -0.497 e. The fourth-order valence-corrected chi connectivity index (χ4v) is 2.76. The summed E-state index contributed by atoms with van der Waals surface area (Å²) in [6.45, 7) is 1.90. The van der Waals surface area contributed by atoms with E-state index in [1.165, 1.54) is 6.07 Å². The first-order chi connectivity index (χ1) is 9.99. The molecule has 2 aromatic carbocycles. The Hall–Kier alpha value is -1.50. The highest BCUT2D eigenvalue weighted by Crippen LogP contribution is 2.33. The van der Waals surface area contributed by atoms with Crippen LogP contribution in [0, 0.1) is 18.6 Å². The third kappa shape index (κ3) is 3.07. The van der Waals surface area contributed by atoms with Crippen LogP contribution in [0.25, 0.3) is 0 Å². The second-order valence-corrected chi connectivity index (χ2v) is 5.38. The lowest BCUT2D eigenvalue weighted by atomic mass is 9.95. The van der Waals surface area contributed by atoms with E-state index >= 15 is 0 Å². The smallest absolute Gasteiger partial charge is 0.173 e. The predicted molar refractivity (Wildman–Crippen MR) is 81.0 cm³/mol. The van der Waals surface area contributed by atoms with Crippen LogP contribution >= 0.6 is 15.9 Å². The quantitative estimate of drug-likeness (QED) is 0.499. The van der Waals surface area contributed by atoms with Gasteiger partial charge in [-0.1, -0.05) is 12.1 Å². The normalized spacial score (nSPS) is 12.3. The number of benzene rings is 2. The lowest BCUT2D eigenvalue weighted by Gasteiger charge is -2.21. The first kappa shape index (κ1) is 15.9. The highest BCUT2D eigenvalue weighted by Gasteiger charge is 2.21. The van der Waals surface area contributed by atoms with Gasteiger partial charge in [-0.15, -0.1) is 0 Å². The maximum Gasteiger partial charge on any atom is 0.173 e. The van der Waals surface area contributed by atoms with Gasteiger partial charge in [-0.2, -0.15) is 0 Å². The molecule has 2 rings (SSSR count). The van der Waals surface area contributed by atoms with E-state index in [1.54, 1.807) is 13.2 Å². The van der Waals surface area contributed by atoms with Crippen molar-refractivity contribution in [3.05, 3.63) is 63.1 Å². The molecule has 0 spiro atoms. The number of nitrogens with two attached hydrogens (primary N) is 1. The van der Waals surface area contributed by atoms with Gasteiger partial charge in [-0.3, -0.25) is 5.84 Å². The van der Waals surface area contributed by atoms with E-state index in [4.69, 9.17) is 10.6 Å². The van der Waals surface area contributed by atoms with Crippen LogP contribution in [0.2, 0.25) is 0 Å². The predicted octanol–water partition coefficient (Wildman–Crippen LogP) is 3.60. The highest BCUT2D eigenvalue weighted by molar-refractivity contribution is 9.10. The number of halogens is 3. The molecule has 21 heavy (non-hydrogen) atoms. The molecule has 0 saturated heterocycles. The highest BCUT2D eigenvalue weighted by atomic mass is 79.9. The Kier molecular flexibility index (Phi) is 4.92. The van der Waals surface area contributed by atoms with Crippen LogP contribution in [0.1, 0.15) is 22.7 Å². The average Bonchev–Trinajstić information content (AvgIpc) is 2.49. The van der Waals surface area contributed by atoms with Gasteiger partial charge in [0.05, 0.1) is 17.6 Å². The molecule has 0 bridgehead atoms. The van der Waals surface area contributed by atoms with Crippen LogP contribution in [-0.4, -0.2) is 7.11 Å². The third-order valence-corrected chi connectivity index (χ3v) is 4.14. The van der Waals surface area contributed by atoms with Crippen LogP contribution in [0.5, 0.6) is 5.75 Å². The Morgan fingerprint density at radius 3 is 2.43 bits per heavy atom. The van der Waals surface area contributed by atoms with Gasteiger partial charge >= 0.3 is 0 Å². The Balaban J connectivity index is 2.52. The Morgan fingerprint density at radius 2 is 1.86 bits per heavy atom. The van der Waals surface area contributed by atoms with Crippen LogP contribution in [0.4, 0.5) is 8.78 Å². The molecule has 112 valence electrons. The van der Waals surface area contributed by atoms with Crippen molar-refractivity contribution in [3.8, 4) is 5.75 Å². The monoisotopic (exact) mass is 356 g/mol. The molecule has 3 nitrogen and oxygen atoms in total. The van der Waals surface area contributed by atoms with Crippen LogP contribution in [0.15, 0.2) is 34.8 Å². The van der Waals surface area contributed by atoms with E-state index in [2.05, 4.69) is 21.4 Å². The van der Waals surface area contributed by atoms with Crippen molar-refractivity contribution in [2.24, 2.45) is 5.84 Å². The number of ether oxygens (including phenoxy) is 1. The summed E-state index contributed by atoms with van der Waals surface area (Å²) >= 11 is 3.09. The Morgan fingerprint density at radius 1 is 1.19 bits per heavy atom. The summed E-state index contributed by atoms with van der Waals surface area (Å²) in [7, 11) is 1.58. The van der Waals surface area contributed by atoms with Crippen LogP contribution in [-0.2, 0) is 0 Å². The van der Waals surface area contributed by atoms with Gasteiger partial charge in [0.15, 0.2) is 11.6 Å². The van der Waals surface area contributed by atoms with Crippen LogP contribution in [0.3, 0.4) is 0 Å². The second-order valence-electron chi connectivity index (χ2n) is 4.59. The molecule has 0 aliphatic rings. The molecule has 0 aliphatic carbocycles. The molecule has 3 N–H and O–H groups in total. The molecule has 0 aliphatic heterocycles. The number of rotatable bonds is 4. The lowest BCUT2D eigenvalue weighted by molar-refractivity contribution is 0.414. The van der Waals surface area contributed by atoms with Crippen molar-refractivity contribution < 1.29 is 13.5 Å². The summed E-state index contributed by atoms with van der Waals surface area (Å²) in [6.07, 6.45) is 0. The summed E-state index contributed by atoms with van der Waals surface area (Å²) in [5.41, 5.74) is 4.94. The molecule has 2 aromatic rings. The van der Waals surface area contributed by atoms with E-state index in [0.717, 1.165) is 22.9 Å². The molecule has 0 amide bonds. The van der Waals surface area contributed by atoms with Crippen molar-refractivity contribution in [1.82, 2.24) is 5.43 Å². The van der Waals surface area contributed by atoms with E-state index in [1.807, 2.05) is 19.1 Å². The molecule has 0 heterocycles. The van der Waals surface area contributed by atoms with Gasteiger partial charge in [-0.25, -0.2) is 14.2 Å². The van der Waals surface area contributed by atoms with Crippen molar-refractivity contribution in [3.63, 3.8) is 0 Å². The second kappa shape index (κ2) is 6.51. The van der Waals surface area contributed by atoms with E-state index < -0.39 is 17.7 Å². The van der Waals surface area contributed by atoms with E-state index in [9.17, 15) is 8.78 Å². The summed E-state index contributed by atoms with van der Waals surface area (Å²) in [6, 6.07) is 7.59. The molecular formula is C15H15BrF2N2O. The molecule has 1 unspecified atom stereocenters. The van der Waals surface area contributed by atoms with Gasteiger partial charge in [-0.05, 0) is 57.7 Å². The molecular weight excluding hydrogens is 342 g/mol. The lowest BCUT2D eigenvalue weighted by Crippen LogP contribution is -2.30. The number of aryl methyl sites for hydroxylation is 1. The van der Waals surface area contributed by atoms with Crippen molar-refractivity contribution in [2.75, 3.05) is 7.11 Å². The zero-order valence-corrected chi connectivity index (χ0v) is 13.2. The topological polar surface area (TPSA) is 47.3 Å². The van der Waals surface area contributed by atoms with Gasteiger partial charge in [0.1, 0.15) is 5.75 Å². The number of hydrazine groups is 1. The summed E-state index contributed by atoms with van der Waals surface area (Å²) < 4.78 is 32.2. The molecule has 6 heteroatoms. The fourth-order valence-electron chi connectivity index (χ4n) is 2.21. The van der Waals surface area contributed by atoms with Gasteiger partial charge in [0.25, 0.3) is 0 Å². The first-order valence-corrected chi connectivity index (χ1v) is 7.03. The Labute approximate surface area is 130 Å². The first-order valence-electron chi connectivity index (χ1n) is 6.23. The molecule has 0 saturated carbocycles. The fraction of sp³-hybridized carbons (Fsp3) is 0.200. The van der Waals surface area contributed by atoms with Gasteiger partial charge in [0, 0.05) is 0 Å². The number of methoxy groups -OCH3 is 1. The molecule has 1 atom stereocenters. The maximum absolute atomic E-state index is 13.7.